The minimum atomic E-state index is -4.57. The molecule has 1 heterocycles. The predicted octanol–water partition coefficient (Wildman–Crippen LogP) is 4.19. The summed E-state index contributed by atoms with van der Waals surface area (Å²) in [4.78, 5) is 12.5. The highest BCUT2D eigenvalue weighted by Gasteiger charge is 2.34. The molecule has 1 aliphatic heterocycles. The molecule has 0 spiro atoms. The molecule has 3 rings (SSSR count). The molecule has 0 atom stereocenters. The summed E-state index contributed by atoms with van der Waals surface area (Å²) in [6.45, 7) is 3.84. The lowest BCUT2D eigenvalue weighted by atomic mass is 10.1. The molecule has 2 aromatic rings. The molecule has 2 aromatic carbocycles. The van der Waals surface area contributed by atoms with Crippen molar-refractivity contribution in [2.75, 3.05) is 13.2 Å². The van der Waals surface area contributed by atoms with Crippen LogP contribution in [0.25, 0.3) is 0 Å². The Morgan fingerprint density at radius 3 is 2.64 bits per heavy atom. The lowest BCUT2D eigenvalue weighted by Crippen LogP contribution is -2.26. The second-order valence-electron chi connectivity index (χ2n) is 6.50. The van der Waals surface area contributed by atoms with Crippen molar-refractivity contribution in [2.45, 2.75) is 32.7 Å². The molecule has 1 amide bonds. The number of para-hydroxylation sites is 1. The van der Waals surface area contributed by atoms with Crippen LogP contribution in [0.2, 0.25) is 0 Å². The first-order valence-corrected chi connectivity index (χ1v) is 8.79. The smallest absolute Gasteiger partial charge is 0.416 e. The number of carbonyl (C=O) groups is 1. The molecule has 0 fully saturated rings. The number of fused-ring (bicyclic) bond motifs is 1. The van der Waals surface area contributed by atoms with Gasteiger partial charge in [0.05, 0.1) is 17.2 Å². The molecule has 28 heavy (non-hydrogen) atoms. The number of hydrogen-bond acceptors (Lipinski definition) is 4. The number of carbonyl (C=O) groups excluding carboxylic acids is 1. The average Bonchev–Trinajstić information content (AvgIpc) is 2.65. The van der Waals surface area contributed by atoms with Crippen LogP contribution in [-0.4, -0.2) is 25.2 Å². The maximum atomic E-state index is 13.4. The molecule has 0 aliphatic carbocycles. The van der Waals surface area contributed by atoms with Gasteiger partial charge in [0.1, 0.15) is 19.0 Å². The van der Waals surface area contributed by atoms with E-state index in [0.29, 0.717) is 24.7 Å². The van der Waals surface area contributed by atoms with Crippen molar-refractivity contribution in [1.29, 1.82) is 0 Å². The standard InChI is InChI=1S/C20H20F3NO4/c1-12(2)28-14-7-6-13(16(10-14)20(21,22)23)11-24-19(25)15-4-3-5-17-18(15)27-9-8-26-17/h3-7,10,12H,8-9,11H2,1-2H3,(H,24,25). The second kappa shape index (κ2) is 8.00. The van der Waals surface area contributed by atoms with Gasteiger partial charge in [0.2, 0.25) is 0 Å². The van der Waals surface area contributed by atoms with E-state index in [4.69, 9.17) is 14.2 Å². The number of nitrogens with one attached hydrogen (secondary N) is 1. The zero-order valence-electron chi connectivity index (χ0n) is 15.4. The Hall–Kier alpha value is -2.90. The van der Waals surface area contributed by atoms with Crippen molar-refractivity contribution in [1.82, 2.24) is 5.32 Å². The number of benzene rings is 2. The fraction of sp³-hybridized carbons (Fsp3) is 0.350. The summed E-state index contributed by atoms with van der Waals surface area (Å²) in [7, 11) is 0. The summed E-state index contributed by atoms with van der Waals surface area (Å²) in [5.41, 5.74) is -0.690. The third-order valence-corrected chi connectivity index (χ3v) is 4.01. The lowest BCUT2D eigenvalue weighted by Gasteiger charge is -2.21. The molecule has 0 radical (unpaired) electrons. The van der Waals surface area contributed by atoms with Crippen LogP contribution in [-0.2, 0) is 12.7 Å². The van der Waals surface area contributed by atoms with Crippen LogP contribution < -0.4 is 19.5 Å². The first-order chi connectivity index (χ1) is 13.3. The van der Waals surface area contributed by atoms with Crippen LogP contribution in [0, 0.1) is 0 Å². The zero-order valence-corrected chi connectivity index (χ0v) is 15.4. The predicted molar refractivity (Wildman–Crippen MR) is 95.8 cm³/mol. The fourth-order valence-electron chi connectivity index (χ4n) is 2.84. The van der Waals surface area contributed by atoms with Gasteiger partial charge in [-0.25, -0.2) is 0 Å². The molecular formula is C20H20F3NO4. The summed E-state index contributed by atoms with van der Waals surface area (Å²) >= 11 is 0. The largest absolute Gasteiger partial charge is 0.491 e. The van der Waals surface area contributed by atoms with E-state index in [1.54, 1.807) is 26.0 Å². The summed E-state index contributed by atoms with van der Waals surface area (Å²) in [6, 6.07) is 8.54. The minimum Gasteiger partial charge on any atom is -0.491 e. The molecular weight excluding hydrogens is 375 g/mol. The molecule has 0 saturated carbocycles. The van der Waals surface area contributed by atoms with Gasteiger partial charge in [0, 0.05) is 6.54 Å². The first kappa shape index (κ1) is 19.9. The minimum absolute atomic E-state index is 0.0566. The van der Waals surface area contributed by atoms with Crippen molar-refractivity contribution < 1.29 is 32.2 Å². The number of amides is 1. The van der Waals surface area contributed by atoms with Gasteiger partial charge >= 0.3 is 6.18 Å². The van der Waals surface area contributed by atoms with Gasteiger partial charge in [-0.1, -0.05) is 12.1 Å². The van der Waals surface area contributed by atoms with E-state index in [0.717, 1.165) is 6.07 Å². The maximum absolute atomic E-state index is 13.4. The average molecular weight is 395 g/mol. The third kappa shape index (κ3) is 4.49. The number of rotatable bonds is 5. The summed E-state index contributed by atoms with van der Waals surface area (Å²) in [6.07, 6.45) is -4.82. The van der Waals surface area contributed by atoms with E-state index in [-0.39, 0.29) is 29.5 Å². The normalized spacial score (nSPS) is 13.4. The van der Waals surface area contributed by atoms with Gasteiger partial charge < -0.3 is 19.5 Å². The Labute approximate surface area is 160 Å². The highest BCUT2D eigenvalue weighted by Crippen LogP contribution is 2.36. The SMILES string of the molecule is CC(C)Oc1ccc(CNC(=O)c2cccc3c2OCCO3)c(C(F)(F)F)c1. The highest BCUT2D eigenvalue weighted by molar-refractivity contribution is 5.97. The Balaban J connectivity index is 1.80. The van der Waals surface area contributed by atoms with E-state index in [2.05, 4.69) is 5.32 Å². The Bertz CT molecular complexity index is 865. The van der Waals surface area contributed by atoms with E-state index in [1.807, 2.05) is 0 Å². The van der Waals surface area contributed by atoms with Gasteiger partial charge in [0.25, 0.3) is 5.91 Å². The van der Waals surface area contributed by atoms with Gasteiger partial charge in [-0.2, -0.15) is 13.2 Å². The van der Waals surface area contributed by atoms with Crippen LogP contribution in [0.4, 0.5) is 13.2 Å². The molecule has 0 bridgehead atoms. The lowest BCUT2D eigenvalue weighted by molar-refractivity contribution is -0.138. The van der Waals surface area contributed by atoms with Crippen molar-refractivity contribution in [3.8, 4) is 17.2 Å². The Morgan fingerprint density at radius 1 is 1.18 bits per heavy atom. The molecule has 0 unspecified atom stereocenters. The van der Waals surface area contributed by atoms with Crippen molar-refractivity contribution >= 4 is 5.91 Å². The van der Waals surface area contributed by atoms with Crippen LogP contribution in [0.3, 0.4) is 0 Å². The number of alkyl halides is 3. The second-order valence-corrected chi connectivity index (χ2v) is 6.50. The molecule has 1 N–H and O–H groups in total. The van der Waals surface area contributed by atoms with E-state index in [9.17, 15) is 18.0 Å². The molecule has 150 valence electrons. The van der Waals surface area contributed by atoms with Gasteiger partial charge in [-0.15, -0.1) is 0 Å². The molecule has 0 aromatic heterocycles. The molecule has 8 heteroatoms. The van der Waals surface area contributed by atoms with Crippen LogP contribution in [0.1, 0.15) is 35.3 Å². The monoisotopic (exact) mass is 395 g/mol. The van der Waals surface area contributed by atoms with Gasteiger partial charge in [-0.05, 0) is 43.7 Å². The summed E-state index contributed by atoms with van der Waals surface area (Å²) in [5.74, 6) is 0.311. The summed E-state index contributed by atoms with van der Waals surface area (Å²) in [5, 5.41) is 2.52. The van der Waals surface area contributed by atoms with E-state index >= 15 is 0 Å². The van der Waals surface area contributed by atoms with Crippen molar-refractivity contribution in [2.24, 2.45) is 0 Å². The first-order valence-electron chi connectivity index (χ1n) is 8.79. The summed E-state index contributed by atoms with van der Waals surface area (Å²) < 4.78 is 56.5. The van der Waals surface area contributed by atoms with E-state index < -0.39 is 17.6 Å². The quantitative estimate of drug-likeness (QED) is 0.825. The van der Waals surface area contributed by atoms with Crippen LogP contribution >= 0.6 is 0 Å². The Kier molecular flexibility index (Phi) is 5.67. The van der Waals surface area contributed by atoms with Gasteiger partial charge in [-0.3, -0.25) is 4.79 Å². The number of ether oxygens (including phenoxy) is 3. The van der Waals surface area contributed by atoms with Gasteiger partial charge in [0.15, 0.2) is 11.5 Å². The zero-order chi connectivity index (χ0) is 20.3. The molecule has 1 aliphatic rings. The highest BCUT2D eigenvalue weighted by atomic mass is 19.4. The number of halogens is 3. The fourth-order valence-corrected chi connectivity index (χ4v) is 2.84. The number of hydrogen-bond donors (Lipinski definition) is 1. The molecule has 0 saturated heterocycles. The third-order valence-electron chi connectivity index (χ3n) is 4.01. The van der Waals surface area contributed by atoms with Crippen LogP contribution in [0.5, 0.6) is 17.2 Å². The molecule has 5 nitrogen and oxygen atoms in total. The maximum Gasteiger partial charge on any atom is 0.416 e. The van der Waals surface area contributed by atoms with Crippen LogP contribution in [0.15, 0.2) is 36.4 Å². The Morgan fingerprint density at radius 2 is 1.93 bits per heavy atom. The van der Waals surface area contributed by atoms with Crippen molar-refractivity contribution in [3.05, 3.63) is 53.1 Å². The van der Waals surface area contributed by atoms with Crippen molar-refractivity contribution in [3.63, 3.8) is 0 Å². The van der Waals surface area contributed by atoms with E-state index in [1.165, 1.54) is 18.2 Å². The topological polar surface area (TPSA) is 56.8 Å².